The van der Waals surface area contributed by atoms with Crippen LogP contribution in [0.5, 0.6) is 0 Å². The highest BCUT2D eigenvalue weighted by Crippen LogP contribution is 2.30. The number of aromatic nitrogens is 2. The van der Waals surface area contributed by atoms with Gasteiger partial charge in [-0.1, -0.05) is 6.07 Å². The summed E-state index contributed by atoms with van der Waals surface area (Å²) in [7, 11) is 0. The van der Waals surface area contributed by atoms with E-state index in [1.165, 1.54) is 29.1 Å². The highest BCUT2D eigenvalue weighted by molar-refractivity contribution is 5.92. The van der Waals surface area contributed by atoms with Crippen molar-refractivity contribution in [3.05, 3.63) is 47.8 Å². The first-order chi connectivity index (χ1) is 10.9. The van der Waals surface area contributed by atoms with E-state index in [4.69, 9.17) is 0 Å². The van der Waals surface area contributed by atoms with E-state index >= 15 is 0 Å². The highest BCUT2D eigenvalue weighted by atomic mass is 19.4. The molecule has 0 spiro atoms. The van der Waals surface area contributed by atoms with Crippen LogP contribution in [-0.2, 0) is 6.18 Å². The molecule has 0 aliphatic carbocycles. The standard InChI is InChI=1S/C15H15F3N4O/c16-15(17,18)11-2-1-3-12(6-11)22-5-4-13(21-22)14(23)20-9-10-7-19-8-10/h1-6,10,19H,7-9H2,(H,20,23). The summed E-state index contributed by atoms with van der Waals surface area (Å²) in [6, 6.07) is 6.28. The summed E-state index contributed by atoms with van der Waals surface area (Å²) in [6.45, 7) is 2.31. The van der Waals surface area contributed by atoms with Gasteiger partial charge in [-0.2, -0.15) is 18.3 Å². The summed E-state index contributed by atoms with van der Waals surface area (Å²) in [6.07, 6.45) is -2.95. The van der Waals surface area contributed by atoms with Crippen molar-refractivity contribution in [2.75, 3.05) is 19.6 Å². The van der Waals surface area contributed by atoms with Crippen molar-refractivity contribution in [1.82, 2.24) is 20.4 Å². The number of benzene rings is 1. The van der Waals surface area contributed by atoms with Gasteiger partial charge in [0.15, 0.2) is 5.69 Å². The minimum atomic E-state index is -4.42. The molecule has 1 amide bonds. The summed E-state index contributed by atoms with van der Waals surface area (Å²) >= 11 is 0. The zero-order valence-electron chi connectivity index (χ0n) is 12.1. The minimum absolute atomic E-state index is 0.176. The van der Waals surface area contributed by atoms with Crippen molar-refractivity contribution in [1.29, 1.82) is 0 Å². The lowest BCUT2D eigenvalue weighted by Crippen LogP contribution is -2.48. The molecule has 0 atom stereocenters. The lowest BCUT2D eigenvalue weighted by molar-refractivity contribution is -0.137. The van der Waals surface area contributed by atoms with E-state index in [0.29, 0.717) is 12.5 Å². The number of carbonyl (C=O) groups is 1. The van der Waals surface area contributed by atoms with Crippen LogP contribution in [0.2, 0.25) is 0 Å². The fourth-order valence-corrected chi connectivity index (χ4v) is 2.23. The average Bonchev–Trinajstić information content (AvgIpc) is 2.94. The SMILES string of the molecule is O=C(NCC1CNC1)c1ccn(-c2cccc(C(F)(F)F)c2)n1. The van der Waals surface area contributed by atoms with Gasteiger partial charge in [-0.25, -0.2) is 4.68 Å². The second-order valence-corrected chi connectivity index (χ2v) is 5.43. The topological polar surface area (TPSA) is 59.0 Å². The molecule has 1 aromatic carbocycles. The fourth-order valence-electron chi connectivity index (χ4n) is 2.23. The number of amides is 1. The van der Waals surface area contributed by atoms with Crippen LogP contribution in [0.1, 0.15) is 16.1 Å². The summed E-state index contributed by atoms with van der Waals surface area (Å²) < 4.78 is 39.5. The monoisotopic (exact) mass is 324 g/mol. The van der Waals surface area contributed by atoms with E-state index in [-0.39, 0.29) is 17.3 Å². The van der Waals surface area contributed by atoms with Gasteiger partial charge in [0, 0.05) is 31.7 Å². The Labute approximate surface area is 130 Å². The number of nitrogens with zero attached hydrogens (tertiary/aromatic N) is 2. The zero-order valence-corrected chi connectivity index (χ0v) is 12.1. The molecular weight excluding hydrogens is 309 g/mol. The second kappa shape index (κ2) is 6.04. The molecule has 1 aromatic heterocycles. The van der Waals surface area contributed by atoms with E-state index in [1.807, 2.05) is 0 Å². The molecule has 0 radical (unpaired) electrons. The average molecular weight is 324 g/mol. The highest BCUT2D eigenvalue weighted by Gasteiger charge is 2.30. The molecule has 1 aliphatic rings. The molecular formula is C15H15F3N4O. The van der Waals surface area contributed by atoms with E-state index in [0.717, 1.165) is 25.2 Å². The first-order valence-corrected chi connectivity index (χ1v) is 7.16. The Morgan fingerprint density at radius 2 is 2.13 bits per heavy atom. The summed E-state index contributed by atoms with van der Waals surface area (Å²) in [4.78, 5) is 12.0. The number of nitrogens with one attached hydrogen (secondary N) is 2. The molecule has 3 rings (SSSR count). The lowest BCUT2D eigenvalue weighted by Gasteiger charge is -2.26. The lowest BCUT2D eigenvalue weighted by atomic mass is 10.0. The van der Waals surface area contributed by atoms with Crippen molar-refractivity contribution >= 4 is 5.91 Å². The number of carbonyl (C=O) groups excluding carboxylic acids is 1. The number of hydrogen-bond acceptors (Lipinski definition) is 3. The van der Waals surface area contributed by atoms with E-state index in [9.17, 15) is 18.0 Å². The molecule has 8 heteroatoms. The van der Waals surface area contributed by atoms with Crippen molar-refractivity contribution in [3.8, 4) is 5.69 Å². The van der Waals surface area contributed by atoms with Crippen LogP contribution in [0.15, 0.2) is 36.5 Å². The molecule has 23 heavy (non-hydrogen) atoms. The van der Waals surface area contributed by atoms with Crippen molar-refractivity contribution < 1.29 is 18.0 Å². The molecule has 0 saturated carbocycles. The third kappa shape index (κ3) is 3.53. The molecule has 122 valence electrons. The molecule has 2 aromatic rings. The maximum Gasteiger partial charge on any atom is 0.416 e. The van der Waals surface area contributed by atoms with Crippen molar-refractivity contribution in [2.24, 2.45) is 5.92 Å². The van der Waals surface area contributed by atoms with E-state index < -0.39 is 11.7 Å². The number of halogens is 3. The van der Waals surface area contributed by atoms with Crippen LogP contribution in [0.4, 0.5) is 13.2 Å². The molecule has 2 heterocycles. The Morgan fingerprint density at radius 1 is 1.35 bits per heavy atom. The minimum Gasteiger partial charge on any atom is -0.350 e. The summed E-state index contributed by atoms with van der Waals surface area (Å²) in [5, 5.41) is 9.92. The summed E-state index contributed by atoms with van der Waals surface area (Å²) in [5.41, 5.74) is -0.328. The number of rotatable bonds is 4. The van der Waals surface area contributed by atoms with Crippen LogP contribution in [-0.4, -0.2) is 35.3 Å². The largest absolute Gasteiger partial charge is 0.416 e. The third-order valence-electron chi connectivity index (χ3n) is 3.68. The Morgan fingerprint density at radius 3 is 2.78 bits per heavy atom. The molecule has 0 bridgehead atoms. The van der Waals surface area contributed by atoms with Gasteiger partial charge >= 0.3 is 6.18 Å². The summed E-state index contributed by atoms with van der Waals surface area (Å²) in [5.74, 6) is 0.0899. The van der Waals surface area contributed by atoms with Gasteiger partial charge in [-0.05, 0) is 24.3 Å². The van der Waals surface area contributed by atoms with Crippen LogP contribution in [0, 0.1) is 5.92 Å². The first kappa shape index (κ1) is 15.5. The van der Waals surface area contributed by atoms with Gasteiger partial charge in [-0.15, -0.1) is 0 Å². The Hall–Kier alpha value is -2.35. The van der Waals surface area contributed by atoms with Crippen LogP contribution in [0.25, 0.3) is 5.69 Å². The predicted molar refractivity (Wildman–Crippen MR) is 77.3 cm³/mol. The van der Waals surface area contributed by atoms with Gasteiger partial charge in [0.1, 0.15) is 0 Å². The molecule has 1 fully saturated rings. The van der Waals surface area contributed by atoms with Crippen molar-refractivity contribution in [3.63, 3.8) is 0 Å². The first-order valence-electron chi connectivity index (χ1n) is 7.16. The molecule has 2 N–H and O–H groups in total. The van der Waals surface area contributed by atoms with Crippen molar-refractivity contribution in [2.45, 2.75) is 6.18 Å². The second-order valence-electron chi connectivity index (χ2n) is 5.43. The van der Waals surface area contributed by atoms with Crippen LogP contribution < -0.4 is 10.6 Å². The van der Waals surface area contributed by atoms with Gasteiger partial charge in [0.2, 0.25) is 0 Å². The maximum absolute atomic E-state index is 12.7. The van der Waals surface area contributed by atoms with Gasteiger partial charge < -0.3 is 10.6 Å². The predicted octanol–water partition coefficient (Wildman–Crippen LogP) is 1.84. The quantitative estimate of drug-likeness (QED) is 0.902. The normalized spacial score (nSPS) is 15.3. The smallest absolute Gasteiger partial charge is 0.350 e. The zero-order chi connectivity index (χ0) is 16.4. The molecule has 1 saturated heterocycles. The van der Waals surface area contributed by atoms with Gasteiger partial charge in [0.25, 0.3) is 5.91 Å². The third-order valence-corrected chi connectivity index (χ3v) is 3.68. The van der Waals surface area contributed by atoms with Gasteiger partial charge in [-0.3, -0.25) is 4.79 Å². The Balaban J connectivity index is 1.72. The number of hydrogen-bond donors (Lipinski definition) is 2. The molecule has 5 nitrogen and oxygen atoms in total. The van der Waals surface area contributed by atoms with Crippen LogP contribution >= 0.6 is 0 Å². The number of alkyl halides is 3. The van der Waals surface area contributed by atoms with E-state index in [1.54, 1.807) is 0 Å². The van der Waals surface area contributed by atoms with E-state index in [2.05, 4.69) is 15.7 Å². The fraction of sp³-hybridized carbons (Fsp3) is 0.333. The Bertz CT molecular complexity index is 707. The Kier molecular flexibility index (Phi) is 4.08. The van der Waals surface area contributed by atoms with Crippen LogP contribution in [0.3, 0.4) is 0 Å². The van der Waals surface area contributed by atoms with Gasteiger partial charge in [0.05, 0.1) is 11.3 Å². The molecule has 0 unspecified atom stereocenters. The maximum atomic E-state index is 12.7. The molecule has 1 aliphatic heterocycles.